The van der Waals surface area contributed by atoms with E-state index in [0.29, 0.717) is 0 Å². The summed E-state index contributed by atoms with van der Waals surface area (Å²) in [5, 5.41) is 1.26. The molecule has 0 spiro atoms. The van der Waals surface area contributed by atoms with E-state index < -0.39 is 40.9 Å². The normalized spacial score (nSPS) is 14.2. The molecule has 0 aliphatic heterocycles. The summed E-state index contributed by atoms with van der Waals surface area (Å²) >= 11 is 0. The highest BCUT2D eigenvalue weighted by molar-refractivity contribution is 7.41. The summed E-state index contributed by atoms with van der Waals surface area (Å²) in [4.78, 5) is 0. The van der Waals surface area contributed by atoms with Crippen LogP contribution in [0, 0.1) is 0 Å². The molecule has 0 aliphatic carbocycles. The summed E-state index contributed by atoms with van der Waals surface area (Å²) in [5.41, 5.74) is 1.13. The van der Waals surface area contributed by atoms with Gasteiger partial charge in [0, 0.05) is 0 Å². The molecule has 0 radical (unpaired) electrons. The van der Waals surface area contributed by atoms with E-state index in [9.17, 15) is 0 Å². The first-order chi connectivity index (χ1) is 12.4. The van der Waals surface area contributed by atoms with Crippen molar-refractivity contribution in [3.63, 3.8) is 0 Å². The van der Waals surface area contributed by atoms with Gasteiger partial charge in [-0.2, -0.15) is 0 Å². The monoisotopic (exact) mass is 472 g/mol. The Morgan fingerprint density at radius 3 is 1.54 bits per heavy atom. The third-order valence-corrected chi connectivity index (χ3v) is 22.8. The van der Waals surface area contributed by atoms with Gasteiger partial charge in [-0.3, -0.25) is 4.58 Å². The molecule has 0 fully saturated rings. The van der Waals surface area contributed by atoms with Gasteiger partial charge in [0.1, 0.15) is 0 Å². The van der Waals surface area contributed by atoms with E-state index in [1.54, 1.807) is 0 Å². The minimum absolute atomic E-state index is 1.13. The van der Waals surface area contributed by atoms with Gasteiger partial charge in [0.2, 0.25) is 8.32 Å². The molecular formula is C19H40O4Si5. The summed E-state index contributed by atoms with van der Waals surface area (Å²) in [6.07, 6.45) is 1.92. The summed E-state index contributed by atoms with van der Waals surface area (Å²) in [6.45, 7) is 28.2. The first kappa shape index (κ1) is 25.9. The maximum absolute atomic E-state index is 6.91. The third kappa shape index (κ3) is 7.29. The van der Waals surface area contributed by atoms with Gasteiger partial charge in [-0.25, -0.2) is 4.58 Å². The Morgan fingerprint density at radius 1 is 0.679 bits per heavy atom. The van der Waals surface area contributed by atoms with Crippen molar-refractivity contribution in [2.24, 2.45) is 0 Å². The standard InChI is InChI=1S/C19H40O4Si5/c1-13-18-16-14-15-17-19(18)27(11,12)28(22-25(5,6)7,23-26(8,9)10)21-20-24(2,3)4/h13-17H,1H2,2-12H3. The van der Waals surface area contributed by atoms with Crippen LogP contribution in [0.15, 0.2) is 30.8 Å². The maximum Gasteiger partial charge on any atom is 0.483 e. The van der Waals surface area contributed by atoms with E-state index >= 15 is 0 Å². The SMILES string of the molecule is C=Cc1ccccc1[Si](C)(C)[Si](OO[Si](C)(C)C)(O[Si](C)(C)C)O[Si](C)(C)C. The molecule has 0 N–H and O–H groups in total. The van der Waals surface area contributed by atoms with E-state index in [0.717, 1.165) is 5.56 Å². The Hall–Kier alpha value is -0.116. The first-order valence-electron chi connectivity index (χ1n) is 9.92. The van der Waals surface area contributed by atoms with Crippen molar-refractivity contribution in [3.05, 3.63) is 36.4 Å². The van der Waals surface area contributed by atoms with Gasteiger partial charge in [-0.05, 0) is 69.7 Å². The molecule has 0 saturated carbocycles. The third-order valence-electron chi connectivity index (χ3n) is 3.90. The molecule has 0 unspecified atom stereocenters. The first-order valence-corrected chi connectivity index (χ1v) is 25.9. The van der Waals surface area contributed by atoms with Crippen LogP contribution < -0.4 is 5.19 Å². The molecule has 1 aromatic carbocycles. The Bertz CT molecular complexity index is 656. The minimum Gasteiger partial charge on any atom is -0.418 e. The maximum atomic E-state index is 6.91. The van der Waals surface area contributed by atoms with Gasteiger partial charge in [0.15, 0.2) is 24.2 Å². The van der Waals surface area contributed by atoms with Crippen LogP contribution in [0.3, 0.4) is 0 Å². The molecule has 0 aromatic heterocycles. The quantitative estimate of drug-likeness (QED) is 0.247. The number of hydrogen-bond donors (Lipinski definition) is 0. The molecule has 0 atom stereocenters. The highest BCUT2D eigenvalue weighted by Gasteiger charge is 2.63. The lowest BCUT2D eigenvalue weighted by Crippen LogP contribution is -2.76. The fourth-order valence-corrected chi connectivity index (χ4v) is 28.3. The molecule has 0 bridgehead atoms. The van der Waals surface area contributed by atoms with Gasteiger partial charge in [0.05, 0.1) is 0 Å². The molecule has 1 rings (SSSR count). The van der Waals surface area contributed by atoms with E-state index in [1.165, 1.54) is 5.19 Å². The average molecular weight is 473 g/mol. The molecule has 0 aliphatic rings. The van der Waals surface area contributed by atoms with Crippen molar-refractivity contribution in [2.75, 3.05) is 0 Å². The predicted octanol–water partition coefficient (Wildman–Crippen LogP) is 5.75. The molecule has 160 valence electrons. The molecule has 4 nitrogen and oxygen atoms in total. The van der Waals surface area contributed by atoms with Crippen LogP contribution in [-0.4, -0.2) is 40.9 Å². The second-order valence-electron chi connectivity index (χ2n) is 10.7. The van der Waals surface area contributed by atoms with Crippen LogP contribution >= 0.6 is 0 Å². The number of benzene rings is 1. The van der Waals surface area contributed by atoms with Crippen molar-refractivity contribution >= 4 is 52.1 Å². The van der Waals surface area contributed by atoms with Crippen molar-refractivity contribution in [1.29, 1.82) is 0 Å². The van der Waals surface area contributed by atoms with Gasteiger partial charge in [0.25, 0.3) is 0 Å². The smallest absolute Gasteiger partial charge is 0.418 e. The zero-order valence-corrected chi connectivity index (χ0v) is 24.7. The second kappa shape index (κ2) is 8.94. The molecule has 0 heterocycles. The van der Waals surface area contributed by atoms with Crippen molar-refractivity contribution in [2.45, 2.75) is 72.0 Å². The van der Waals surface area contributed by atoms with Crippen LogP contribution in [0.4, 0.5) is 0 Å². The van der Waals surface area contributed by atoms with Crippen LogP contribution in [0.1, 0.15) is 5.56 Å². The Kier molecular flexibility index (Phi) is 8.28. The van der Waals surface area contributed by atoms with Gasteiger partial charge in [-0.1, -0.05) is 50.0 Å². The molecule has 0 saturated heterocycles. The van der Waals surface area contributed by atoms with Crippen molar-refractivity contribution in [1.82, 2.24) is 0 Å². The minimum atomic E-state index is -3.17. The molecule has 1 aromatic rings. The zero-order valence-electron chi connectivity index (χ0n) is 19.7. The summed E-state index contributed by atoms with van der Waals surface area (Å²) in [5.74, 6) is 0. The summed E-state index contributed by atoms with van der Waals surface area (Å²) < 4.78 is 26.3. The molecule has 9 heteroatoms. The lowest BCUT2D eigenvalue weighted by molar-refractivity contribution is -0.151. The van der Waals surface area contributed by atoms with E-state index in [2.05, 4.69) is 96.8 Å². The molecular weight excluding hydrogens is 433 g/mol. The van der Waals surface area contributed by atoms with Crippen LogP contribution in [0.5, 0.6) is 0 Å². The predicted molar refractivity (Wildman–Crippen MR) is 134 cm³/mol. The highest BCUT2D eigenvalue weighted by atomic mass is 29.3. The van der Waals surface area contributed by atoms with E-state index in [1.807, 2.05) is 12.1 Å². The largest absolute Gasteiger partial charge is 0.483 e. The fourth-order valence-electron chi connectivity index (χ4n) is 2.81. The fraction of sp³-hybridized carbons (Fsp3) is 0.579. The van der Waals surface area contributed by atoms with Crippen LogP contribution in [0.2, 0.25) is 72.0 Å². The lowest BCUT2D eigenvalue weighted by atomic mass is 10.2. The Labute approximate surface area is 177 Å². The number of rotatable bonds is 10. The Balaban J connectivity index is 3.69. The van der Waals surface area contributed by atoms with Crippen molar-refractivity contribution < 1.29 is 17.4 Å². The molecule has 0 amide bonds. The number of hydrogen-bond acceptors (Lipinski definition) is 4. The topological polar surface area (TPSA) is 36.9 Å². The second-order valence-corrected chi connectivity index (χ2v) is 35.8. The van der Waals surface area contributed by atoms with Crippen LogP contribution in [-0.2, 0) is 17.4 Å². The van der Waals surface area contributed by atoms with Gasteiger partial charge in [-0.15, -0.1) is 0 Å². The highest BCUT2D eigenvalue weighted by Crippen LogP contribution is 2.32. The zero-order chi connectivity index (χ0) is 22.0. The van der Waals surface area contributed by atoms with Gasteiger partial charge >= 0.3 is 8.32 Å². The Morgan fingerprint density at radius 2 is 1.14 bits per heavy atom. The molecule has 28 heavy (non-hydrogen) atoms. The van der Waals surface area contributed by atoms with E-state index in [-0.39, 0.29) is 0 Å². The van der Waals surface area contributed by atoms with Crippen molar-refractivity contribution in [3.8, 4) is 0 Å². The summed E-state index contributed by atoms with van der Waals surface area (Å²) in [6, 6.07) is 8.42. The lowest BCUT2D eigenvalue weighted by Gasteiger charge is -2.47. The summed E-state index contributed by atoms with van der Waals surface area (Å²) in [7, 11) is -11.4. The van der Waals surface area contributed by atoms with Gasteiger partial charge < -0.3 is 8.23 Å². The average Bonchev–Trinajstić information content (AvgIpc) is 2.48. The van der Waals surface area contributed by atoms with E-state index in [4.69, 9.17) is 17.4 Å². The van der Waals surface area contributed by atoms with Crippen LogP contribution in [0.25, 0.3) is 6.08 Å².